The second-order valence-electron chi connectivity index (χ2n) is 3.33. The first-order chi connectivity index (χ1) is 7.29. The highest BCUT2D eigenvalue weighted by molar-refractivity contribution is 5.58. The zero-order valence-corrected chi connectivity index (χ0v) is 8.77. The van der Waals surface area contributed by atoms with Gasteiger partial charge in [0.2, 0.25) is 0 Å². The standard InChI is InChI=1S/C12H12N2O/c1-9-5-10(7-13-6-9)12-4-3-11(15-2)8-14-12/h3-8H,1-2H3. The molecule has 0 saturated heterocycles. The molecule has 2 rings (SSSR count). The van der Waals surface area contributed by atoms with Gasteiger partial charge in [0.05, 0.1) is 19.0 Å². The second-order valence-corrected chi connectivity index (χ2v) is 3.33. The van der Waals surface area contributed by atoms with E-state index in [0.29, 0.717) is 0 Å². The quantitative estimate of drug-likeness (QED) is 0.747. The molecule has 2 aromatic heterocycles. The van der Waals surface area contributed by atoms with Crippen LogP contribution in [0, 0.1) is 6.92 Å². The Balaban J connectivity index is 2.37. The van der Waals surface area contributed by atoms with E-state index in [9.17, 15) is 0 Å². The molecule has 0 N–H and O–H groups in total. The number of nitrogens with zero attached hydrogens (tertiary/aromatic N) is 2. The third-order valence-corrected chi connectivity index (χ3v) is 2.14. The van der Waals surface area contributed by atoms with Crippen LogP contribution in [-0.2, 0) is 0 Å². The molecule has 0 fully saturated rings. The van der Waals surface area contributed by atoms with Gasteiger partial charge in [0.1, 0.15) is 5.75 Å². The van der Waals surface area contributed by atoms with Gasteiger partial charge in [-0.3, -0.25) is 9.97 Å². The molecule has 2 heterocycles. The van der Waals surface area contributed by atoms with Crippen LogP contribution >= 0.6 is 0 Å². The van der Waals surface area contributed by atoms with Crippen molar-refractivity contribution in [2.24, 2.45) is 0 Å². The highest BCUT2D eigenvalue weighted by atomic mass is 16.5. The van der Waals surface area contributed by atoms with Crippen molar-refractivity contribution in [3.63, 3.8) is 0 Å². The van der Waals surface area contributed by atoms with E-state index in [1.165, 1.54) is 0 Å². The largest absolute Gasteiger partial charge is 0.495 e. The lowest BCUT2D eigenvalue weighted by atomic mass is 10.1. The molecule has 76 valence electrons. The van der Waals surface area contributed by atoms with Crippen LogP contribution in [0.25, 0.3) is 11.3 Å². The monoisotopic (exact) mass is 200 g/mol. The minimum Gasteiger partial charge on any atom is -0.495 e. The van der Waals surface area contributed by atoms with Gasteiger partial charge in [0, 0.05) is 18.0 Å². The maximum absolute atomic E-state index is 5.05. The fourth-order valence-corrected chi connectivity index (χ4v) is 1.37. The number of ether oxygens (including phenoxy) is 1. The van der Waals surface area contributed by atoms with Gasteiger partial charge in [-0.1, -0.05) is 0 Å². The number of methoxy groups -OCH3 is 1. The van der Waals surface area contributed by atoms with Crippen molar-refractivity contribution in [1.82, 2.24) is 9.97 Å². The molecule has 0 bridgehead atoms. The third kappa shape index (κ3) is 2.13. The maximum Gasteiger partial charge on any atom is 0.137 e. The van der Waals surface area contributed by atoms with Gasteiger partial charge in [0.15, 0.2) is 0 Å². The average Bonchev–Trinajstić information content (AvgIpc) is 2.29. The molecule has 2 aromatic rings. The van der Waals surface area contributed by atoms with Crippen molar-refractivity contribution in [3.05, 3.63) is 42.4 Å². The zero-order chi connectivity index (χ0) is 10.7. The zero-order valence-electron chi connectivity index (χ0n) is 8.77. The summed E-state index contributed by atoms with van der Waals surface area (Å²) in [7, 11) is 1.63. The predicted octanol–water partition coefficient (Wildman–Crippen LogP) is 2.46. The Hall–Kier alpha value is -1.90. The average molecular weight is 200 g/mol. The molecular formula is C12H12N2O. The van der Waals surface area contributed by atoms with Crippen LogP contribution in [0.2, 0.25) is 0 Å². The smallest absolute Gasteiger partial charge is 0.137 e. The molecule has 0 amide bonds. The molecular weight excluding hydrogens is 188 g/mol. The molecule has 0 aliphatic rings. The number of pyridine rings is 2. The molecule has 0 atom stereocenters. The first-order valence-corrected chi connectivity index (χ1v) is 4.71. The molecule has 3 heteroatoms. The Morgan fingerprint density at radius 1 is 1.13 bits per heavy atom. The Labute approximate surface area is 88.8 Å². The number of hydrogen-bond acceptors (Lipinski definition) is 3. The van der Waals surface area contributed by atoms with Crippen molar-refractivity contribution >= 4 is 0 Å². The molecule has 15 heavy (non-hydrogen) atoms. The van der Waals surface area contributed by atoms with Crippen molar-refractivity contribution in [1.29, 1.82) is 0 Å². The minimum atomic E-state index is 0.763. The Morgan fingerprint density at radius 2 is 2.00 bits per heavy atom. The van der Waals surface area contributed by atoms with E-state index in [4.69, 9.17) is 4.74 Å². The van der Waals surface area contributed by atoms with Gasteiger partial charge >= 0.3 is 0 Å². The summed E-state index contributed by atoms with van der Waals surface area (Å²) < 4.78 is 5.05. The number of aromatic nitrogens is 2. The number of rotatable bonds is 2. The highest BCUT2D eigenvalue weighted by Gasteiger charge is 2.00. The SMILES string of the molecule is COc1ccc(-c2cncc(C)c2)nc1. The van der Waals surface area contributed by atoms with Crippen LogP contribution in [0.5, 0.6) is 5.75 Å². The lowest BCUT2D eigenvalue weighted by Gasteiger charge is -2.02. The van der Waals surface area contributed by atoms with Gasteiger partial charge in [0.25, 0.3) is 0 Å². The van der Waals surface area contributed by atoms with Crippen molar-refractivity contribution in [3.8, 4) is 17.0 Å². The first-order valence-electron chi connectivity index (χ1n) is 4.71. The van der Waals surface area contributed by atoms with E-state index in [0.717, 1.165) is 22.6 Å². The summed E-state index contributed by atoms with van der Waals surface area (Å²) in [6.07, 6.45) is 5.34. The van der Waals surface area contributed by atoms with Gasteiger partial charge < -0.3 is 4.74 Å². The summed E-state index contributed by atoms with van der Waals surface area (Å²) in [6.45, 7) is 2.01. The van der Waals surface area contributed by atoms with Gasteiger partial charge in [-0.2, -0.15) is 0 Å². The summed E-state index contributed by atoms with van der Waals surface area (Å²) in [6, 6.07) is 5.88. The molecule has 0 unspecified atom stereocenters. The highest BCUT2D eigenvalue weighted by Crippen LogP contribution is 2.18. The molecule has 0 radical (unpaired) electrons. The van der Waals surface area contributed by atoms with Crippen molar-refractivity contribution in [2.75, 3.05) is 7.11 Å². The lowest BCUT2D eigenvalue weighted by Crippen LogP contribution is -1.88. The summed E-state index contributed by atoms with van der Waals surface area (Å²) in [4.78, 5) is 8.43. The van der Waals surface area contributed by atoms with E-state index < -0.39 is 0 Å². The van der Waals surface area contributed by atoms with Crippen molar-refractivity contribution in [2.45, 2.75) is 6.92 Å². The second kappa shape index (κ2) is 4.09. The normalized spacial score (nSPS) is 10.0. The molecule has 0 aliphatic heterocycles. The van der Waals surface area contributed by atoms with Crippen LogP contribution in [0.3, 0.4) is 0 Å². The fourth-order valence-electron chi connectivity index (χ4n) is 1.37. The van der Waals surface area contributed by atoms with Crippen LogP contribution in [0.15, 0.2) is 36.8 Å². The Bertz CT molecular complexity index is 451. The number of aryl methyl sites for hydroxylation is 1. The summed E-state index contributed by atoms with van der Waals surface area (Å²) in [5.41, 5.74) is 3.06. The van der Waals surface area contributed by atoms with Crippen LogP contribution in [-0.4, -0.2) is 17.1 Å². The Kier molecular flexibility index (Phi) is 2.63. The van der Waals surface area contributed by atoms with Gasteiger partial charge in [-0.25, -0.2) is 0 Å². The van der Waals surface area contributed by atoms with E-state index in [1.54, 1.807) is 13.3 Å². The van der Waals surface area contributed by atoms with Crippen molar-refractivity contribution < 1.29 is 4.74 Å². The number of hydrogen-bond donors (Lipinski definition) is 0. The molecule has 0 saturated carbocycles. The molecule has 0 aliphatic carbocycles. The van der Waals surface area contributed by atoms with E-state index in [2.05, 4.69) is 16.0 Å². The van der Waals surface area contributed by atoms with E-state index in [1.807, 2.05) is 31.5 Å². The third-order valence-electron chi connectivity index (χ3n) is 2.14. The van der Waals surface area contributed by atoms with Crippen LogP contribution in [0.1, 0.15) is 5.56 Å². The topological polar surface area (TPSA) is 35.0 Å². The summed E-state index contributed by atoms with van der Waals surface area (Å²) in [5.74, 6) is 0.763. The molecule has 0 aromatic carbocycles. The Morgan fingerprint density at radius 3 is 2.60 bits per heavy atom. The summed E-state index contributed by atoms with van der Waals surface area (Å²) >= 11 is 0. The predicted molar refractivity (Wildman–Crippen MR) is 58.8 cm³/mol. The minimum absolute atomic E-state index is 0.763. The maximum atomic E-state index is 5.05. The van der Waals surface area contributed by atoms with E-state index in [-0.39, 0.29) is 0 Å². The van der Waals surface area contributed by atoms with E-state index >= 15 is 0 Å². The molecule has 0 spiro atoms. The van der Waals surface area contributed by atoms with Gasteiger partial charge in [-0.05, 0) is 30.7 Å². The summed E-state index contributed by atoms with van der Waals surface area (Å²) in [5, 5.41) is 0. The molecule has 3 nitrogen and oxygen atoms in total. The fraction of sp³-hybridized carbons (Fsp3) is 0.167. The first kappa shape index (κ1) is 9.65. The van der Waals surface area contributed by atoms with Crippen LogP contribution in [0.4, 0.5) is 0 Å². The van der Waals surface area contributed by atoms with Gasteiger partial charge in [-0.15, -0.1) is 0 Å². The lowest BCUT2D eigenvalue weighted by molar-refractivity contribution is 0.413. The van der Waals surface area contributed by atoms with Crippen LogP contribution < -0.4 is 4.74 Å².